The normalized spacial score (nSPS) is 24.1. The Bertz CT molecular complexity index is 1100. The number of hydrogen-bond donors (Lipinski definition) is 1. The first-order chi connectivity index (χ1) is 15.4. The van der Waals surface area contributed by atoms with E-state index in [1.165, 1.54) is 0 Å². The minimum Gasteiger partial charge on any atom is -0.375 e. The second kappa shape index (κ2) is 7.74. The van der Waals surface area contributed by atoms with Crippen LogP contribution < -0.4 is 15.1 Å². The number of aryl methyl sites for hydroxylation is 1. The van der Waals surface area contributed by atoms with E-state index >= 15 is 0 Å². The summed E-state index contributed by atoms with van der Waals surface area (Å²) in [4.78, 5) is 30.5. The molecule has 2 aliphatic carbocycles. The predicted octanol–water partition coefficient (Wildman–Crippen LogP) is 2.83. The predicted molar refractivity (Wildman–Crippen MR) is 123 cm³/mol. The lowest BCUT2D eigenvalue weighted by molar-refractivity contribution is -0.123. The average Bonchev–Trinajstić information content (AvgIpc) is 3.46. The average molecular weight is 436 g/mol. The van der Waals surface area contributed by atoms with Crippen molar-refractivity contribution in [2.45, 2.75) is 50.3 Å². The number of hydrogen-bond acceptors (Lipinski definition) is 7. The zero-order chi connectivity index (χ0) is 22.5. The zero-order valence-electron chi connectivity index (χ0n) is 18.9. The summed E-state index contributed by atoms with van der Waals surface area (Å²) in [5, 5.41) is 3.32. The molecule has 9 nitrogen and oxygen atoms in total. The molecule has 1 aliphatic heterocycles. The van der Waals surface area contributed by atoms with Crippen molar-refractivity contribution in [1.29, 1.82) is 0 Å². The van der Waals surface area contributed by atoms with Gasteiger partial charge in [0.1, 0.15) is 17.3 Å². The molecule has 1 saturated carbocycles. The first-order valence-electron chi connectivity index (χ1n) is 11.0. The van der Waals surface area contributed by atoms with Gasteiger partial charge in [-0.05, 0) is 31.9 Å². The highest BCUT2D eigenvalue weighted by atomic mass is 16.5. The molecule has 32 heavy (non-hydrogen) atoms. The summed E-state index contributed by atoms with van der Waals surface area (Å²) in [5.74, 6) is 1.41. The molecule has 2 aromatic rings. The molecule has 0 radical (unpaired) electrons. The van der Waals surface area contributed by atoms with Crippen molar-refractivity contribution in [1.82, 2.24) is 19.5 Å². The molecule has 3 heterocycles. The highest BCUT2D eigenvalue weighted by Gasteiger charge is 2.51. The third-order valence-electron chi connectivity index (χ3n) is 6.96. The molecule has 1 N–H and O–H groups in total. The van der Waals surface area contributed by atoms with Crippen LogP contribution in [0.2, 0.25) is 0 Å². The molecule has 9 heteroatoms. The van der Waals surface area contributed by atoms with Crippen molar-refractivity contribution in [3.05, 3.63) is 48.3 Å². The fraction of sp³-hybridized carbons (Fsp3) is 0.478. The summed E-state index contributed by atoms with van der Waals surface area (Å²) in [6, 6.07) is 0.0317. The van der Waals surface area contributed by atoms with Crippen LogP contribution in [0.15, 0.2) is 42.6 Å². The van der Waals surface area contributed by atoms with Gasteiger partial charge in [0, 0.05) is 33.1 Å². The number of rotatable bonds is 4. The van der Waals surface area contributed by atoms with Crippen LogP contribution >= 0.6 is 0 Å². The Morgan fingerprint density at radius 3 is 2.69 bits per heavy atom. The Morgan fingerprint density at radius 2 is 2.00 bits per heavy atom. The number of nitrogens with zero attached hydrogens (tertiary/aromatic N) is 6. The van der Waals surface area contributed by atoms with Crippen molar-refractivity contribution in [3.8, 4) is 0 Å². The molecule has 2 atom stereocenters. The van der Waals surface area contributed by atoms with Gasteiger partial charge in [-0.3, -0.25) is 4.79 Å². The lowest BCUT2D eigenvalue weighted by atomic mass is 9.91. The monoisotopic (exact) mass is 435 g/mol. The number of imidazole rings is 1. The molecule has 0 saturated heterocycles. The minimum atomic E-state index is -0.491. The summed E-state index contributed by atoms with van der Waals surface area (Å²) in [7, 11) is 5.50. The Labute approximate surface area is 187 Å². The Hall–Kier alpha value is -3.20. The van der Waals surface area contributed by atoms with Crippen molar-refractivity contribution >= 4 is 23.4 Å². The molecular formula is C23H29N7O2. The van der Waals surface area contributed by atoms with E-state index in [0.29, 0.717) is 5.95 Å². The molecule has 1 spiro atoms. The van der Waals surface area contributed by atoms with Gasteiger partial charge < -0.3 is 24.4 Å². The summed E-state index contributed by atoms with van der Waals surface area (Å²) >= 11 is 0. The molecular weight excluding hydrogens is 406 g/mol. The SMILES string of the molecule is COC1C=C(Nc2ncc3c(n2)N(C)C2(CCCC2)C(=O)N3C)C=CC1n1cnc(C)c1. The summed E-state index contributed by atoms with van der Waals surface area (Å²) in [5.41, 5.74) is 2.08. The van der Waals surface area contributed by atoms with Gasteiger partial charge >= 0.3 is 0 Å². The number of likely N-dealkylation sites (N-methyl/N-ethyl adjacent to an activating group) is 2. The van der Waals surface area contributed by atoms with Crippen LogP contribution in [-0.2, 0) is 9.53 Å². The Balaban J connectivity index is 1.41. The van der Waals surface area contributed by atoms with E-state index in [1.807, 2.05) is 50.3 Å². The number of carbonyl (C=O) groups excluding carboxylic acids is 1. The van der Waals surface area contributed by atoms with Gasteiger partial charge in [-0.15, -0.1) is 0 Å². The van der Waals surface area contributed by atoms with E-state index in [-0.39, 0.29) is 18.1 Å². The summed E-state index contributed by atoms with van der Waals surface area (Å²) in [6.45, 7) is 1.97. The molecule has 5 rings (SSSR count). The van der Waals surface area contributed by atoms with Gasteiger partial charge in [0.25, 0.3) is 5.91 Å². The maximum absolute atomic E-state index is 13.1. The highest BCUT2D eigenvalue weighted by Crippen LogP contribution is 2.45. The number of carbonyl (C=O) groups is 1. The number of aromatic nitrogens is 4. The third kappa shape index (κ3) is 3.19. The van der Waals surface area contributed by atoms with E-state index < -0.39 is 5.54 Å². The lowest BCUT2D eigenvalue weighted by Gasteiger charge is -2.45. The van der Waals surface area contributed by atoms with E-state index in [9.17, 15) is 4.79 Å². The fourth-order valence-corrected chi connectivity index (χ4v) is 5.12. The number of ether oxygens (including phenoxy) is 1. The molecule has 0 bridgehead atoms. The van der Waals surface area contributed by atoms with Crippen LogP contribution in [0.1, 0.15) is 37.4 Å². The lowest BCUT2D eigenvalue weighted by Crippen LogP contribution is -2.60. The van der Waals surface area contributed by atoms with Crippen LogP contribution in [0.3, 0.4) is 0 Å². The number of allylic oxidation sites excluding steroid dienone is 1. The topological polar surface area (TPSA) is 88.4 Å². The van der Waals surface area contributed by atoms with Crippen molar-refractivity contribution in [3.63, 3.8) is 0 Å². The van der Waals surface area contributed by atoms with Crippen LogP contribution in [0.25, 0.3) is 0 Å². The molecule has 2 unspecified atom stereocenters. The number of anilines is 3. The van der Waals surface area contributed by atoms with E-state index in [4.69, 9.17) is 9.72 Å². The van der Waals surface area contributed by atoms with E-state index in [0.717, 1.165) is 48.6 Å². The van der Waals surface area contributed by atoms with Gasteiger partial charge in [0.05, 0.1) is 24.3 Å². The maximum atomic E-state index is 13.1. The van der Waals surface area contributed by atoms with Crippen LogP contribution in [0.4, 0.5) is 17.5 Å². The fourth-order valence-electron chi connectivity index (χ4n) is 5.12. The van der Waals surface area contributed by atoms with Crippen LogP contribution in [-0.4, -0.2) is 58.3 Å². The molecule has 1 fully saturated rings. The number of amides is 1. The standard InChI is InChI=1S/C23H29N7O2/c1-15-13-30(14-25-15)17-8-7-16(11-19(17)32-4)26-22-24-12-18-20(27-22)29(3)23(9-5-6-10-23)21(31)28(18)2/h7-8,11-14,17,19H,5-6,9-10H2,1-4H3,(H,24,26,27). The maximum Gasteiger partial charge on any atom is 0.252 e. The minimum absolute atomic E-state index is 0.0317. The zero-order valence-corrected chi connectivity index (χ0v) is 18.9. The molecule has 3 aliphatic rings. The van der Waals surface area contributed by atoms with E-state index in [2.05, 4.69) is 26.3 Å². The number of fused-ring (bicyclic) bond motifs is 1. The first kappa shape index (κ1) is 20.7. The largest absolute Gasteiger partial charge is 0.375 e. The van der Waals surface area contributed by atoms with Gasteiger partial charge in [0.2, 0.25) is 5.95 Å². The molecule has 2 aromatic heterocycles. The summed E-state index contributed by atoms with van der Waals surface area (Å²) < 4.78 is 7.77. The Kier molecular flexibility index (Phi) is 5.00. The highest BCUT2D eigenvalue weighted by molar-refractivity contribution is 6.07. The third-order valence-corrected chi connectivity index (χ3v) is 6.96. The molecule has 0 aromatic carbocycles. The van der Waals surface area contributed by atoms with Crippen molar-refractivity contribution in [2.75, 3.05) is 36.3 Å². The van der Waals surface area contributed by atoms with Crippen molar-refractivity contribution < 1.29 is 9.53 Å². The van der Waals surface area contributed by atoms with Gasteiger partial charge in [0.15, 0.2) is 5.82 Å². The number of methoxy groups -OCH3 is 1. The summed E-state index contributed by atoms with van der Waals surface area (Å²) in [6.07, 6.45) is 15.4. The molecule has 1 amide bonds. The number of nitrogens with one attached hydrogen (secondary N) is 1. The van der Waals surface area contributed by atoms with Gasteiger partial charge in [-0.1, -0.05) is 18.9 Å². The van der Waals surface area contributed by atoms with Crippen molar-refractivity contribution in [2.24, 2.45) is 0 Å². The van der Waals surface area contributed by atoms with Gasteiger partial charge in [-0.25, -0.2) is 9.97 Å². The van der Waals surface area contributed by atoms with Crippen LogP contribution in [0.5, 0.6) is 0 Å². The van der Waals surface area contributed by atoms with E-state index in [1.54, 1.807) is 18.2 Å². The second-order valence-corrected chi connectivity index (χ2v) is 8.82. The van der Waals surface area contributed by atoms with Crippen LogP contribution in [0, 0.1) is 6.92 Å². The smallest absolute Gasteiger partial charge is 0.252 e. The Morgan fingerprint density at radius 1 is 1.22 bits per heavy atom. The molecule has 168 valence electrons. The van der Waals surface area contributed by atoms with Gasteiger partial charge in [-0.2, -0.15) is 4.98 Å². The second-order valence-electron chi connectivity index (χ2n) is 8.82. The first-order valence-corrected chi connectivity index (χ1v) is 11.0. The quantitative estimate of drug-likeness (QED) is 0.790.